The lowest BCUT2D eigenvalue weighted by Gasteiger charge is -2.28. The van der Waals surface area contributed by atoms with Crippen LogP contribution in [0, 0.1) is 12.7 Å². The number of nitrogens with zero attached hydrogens (tertiary/aromatic N) is 1. The van der Waals surface area contributed by atoms with Crippen LogP contribution < -0.4 is 15.4 Å². The molecule has 10 heteroatoms. The summed E-state index contributed by atoms with van der Waals surface area (Å²) in [5.41, 5.74) is 1.10. The number of benzene rings is 2. The van der Waals surface area contributed by atoms with E-state index in [2.05, 4.69) is 10.6 Å². The molecule has 0 aliphatic carbocycles. The molecule has 3 atom stereocenters. The number of imide groups is 1. The molecule has 0 bridgehead atoms. The fraction of sp³-hybridized carbons (Fsp3) is 0.400. The van der Waals surface area contributed by atoms with Crippen molar-refractivity contribution in [3.8, 4) is 5.75 Å². The summed E-state index contributed by atoms with van der Waals surface area (Å²) in [6, 6.07) is 7.62. The van der Waals surface area contributed by atoms with Gasteiger partial charge in [-0.25, -0.2) is 14.1 Å². The lowest BCUT2D eigenvalue weighted by Crippen LogP contribution is -2.53. The first kappa shape index (κ1) is 27.7. The van der Waals surface area contributed by atoms with Gasteiger partial charge in [0.05, 0.1) is 18.4 Å². The molecule has 0 aromatic heterocycles. The van der Waals surface area contributed by atoms with E-state index in [0.717, 1.165) is 4.90 Å². The zero-order valence-electron chi connectivity index (χ0n) is 20.5. The highest BCUT2D eigenvalue weighted by atomic mass is 19.1. The molecule has 2 aromatic carbocycles. The first-order valence-corrected chi connectivity index (χ1v) is 11.3. The van der Waals surface area contributed by atoms with Crippen molar-refractivity contribution in [1.82, 2.24) is 10.2 Å². The molecule has 2 unspecified atom stereocenters. The fourth-order valence-electron chi connectivity index (χ4n) is 3.50. The molecule has 1 fully saturated rings. The fourth-order valence-corrected chi connectivity index (χ4v) is 3.50. The van der Waals surface area contributed by atoms with Gasteiger partial charge in [-0.3, -0.25) is 9.59 Å². The van der Waals surface area contributed by atoms with Gasteiger partial charge in [-0.15, -0.1) is 0 Å². The lowest BCUT2D eigenvalue weighted by atomic mass is 10.0. The molecule has 3 rings (SSSR count). The molecule has 1 aliphatic heterocycles. The zero-order valence-corrected chi connectivity index (χ0v) is 20.5. The number of rotatable bonds is 9. The Hall–Kier alpha value is -3.50. The van der Waals surface area contributed by atoms with Gasteiger partial charge in [0, 0.05) is 7.11 Å². The van der Waals surface area contributed by atoms with E-state index >= 15 is 0 Å². The maximum atomic E-state index is 14.3. The molecule has 1 aliphatic rings. The van der Waals surface area contributed by atoms with E-state index in [0.29, 0.717) is 16.9 Å². The van der Waals surface area contributed by atoms with Crippen molar-refractivity contribution in [2.75, 3.05) is 25.6 Å². The third-order valence-electron chi connectivity index (χ3n) is 5.29. The molecule has 2 aromatic rings. The summed E-state index contributed by atoms with van der Waals surface area (Å²) in [7, 11) is 1.35. The number of carbonyl (C=O) groups is 3. The van der Waals surface area contributed by atoms with E-state index in [1.54, 1.807) is 37.3 Å². The number of anilines is 1. The van der Waals surface area contributed by atoms with E-state index in [9.17, 15) is 18.8 Å². The summed E-state index contributed by atoms with van der Waals surface area (Å²) in [6.45, 7) is 7.24. The second kappa shape index (κ2) is 12.8. The van der Waals surface area contributed by atoms with E-state index in [1.165, 1.54) is 26.2 Å². The summed E-state index contributed by atoms with van der Waals surface area (Å²) in [6.07, 6.45) is -0.860. The van der Waals surface area contributed by atoms with Crippen LogP contribution in [-0.2, 0) is 14.3 Å². The third-order valence-corrected chi connectivity index (χ3v) is 5.29. The number of hydrogen-bond donors (Lipinski definition) is 3. The van der Waals surface area contributed by atoms with Gasteiger partial charge in [0.25, 0.3) is 11.8 Å². The van der Waals surface area contributed by atoms with Crippen LogP contribution in [0.5, 0.6) is 5.75 Å². The second-order valence-electron chi connectivity index (χ2n) is 7.59. The summed E-state index contributed by atoms with van der Waals surface area (Å²) in [4.78, 5) is 39.8. The molecular formula is C25H32FN3O6. The Morgan fingerprint density at radius 3 is 2.43 bits per heavy atom. The quantitative estimate of drug-likeness (QED) is 0.466. The van der Waals surface area contributed by atoms with Crippen molar-refractivity contribution in [3.05, 3.63) is 59.4 Å². The van der Waals surface area contributed by atoms with Crippen molar-refractivity contribution in [2.24, 2.45) is 0 Å². The number of methoxy groups -OCH3 is 1. The van der Waals surface area contributed by atoms with Gasteiger partial charge in [-0.2, -0.15) is 0 Å². The van der Waals surface area contributed by atoms with E-state index in [1.807, 2.05) is 13.8 Å². The zero-order chi connectivity index (χ0) is 26.1. The van der Waals surface area contributed by atoms with Gasteiger partial charge in [-0.1, -0.05) is 32.0 Å². The lowest BCUT2D eigenvalue weighted by molar-refractivity contribution is -0.137. The normalized spacial score (nSPS) is 16.7. The van der Waals surface area contributed by atoms with Gasteiger partial charge >= 0.3 is 6.03 Å². The van der Waals surface area contributed by atoms with E-state index in [-0.39, 0.29) is 18.9 Å². The van der Waals surface area contributed by atoms with Crippen LogP contribution in [0.1, 0.15) is 37.9 Å². The summed E-state index contributed by atoms with van der Waals surface area (Å²) < 4.78 is 24.8. The first-order chi connectivity index (χ1) is 16.8. The average Bonchev–Trinajstić information content (AvgIpc) is 3.15. The highest BCUT2D eigenvalue weighted by Gasteiger charge is 2.47. The number of amides is 4. The number of ether oxygens (including phenoxy) is 2. The summed E-state index contributed by atoms with van der Waals surface area (Å²) in [5, 5.41) is 13.9. The summed E-state index contributed by atoms with van der Waals surface area (Å²) in [5.74, 6) is -1.54. The Kier molecular flexibility index (Phi) is 10.2. The molecule has 190 valence electrons. The smallest absolute Gasteiger partial charge is 0.325 e. The highest BCUT2D eigenvalue weighted by molar-refractivity contribution is 6.09. The van der Waals surface area contributed by atoms with E-state index in [4.69, 9.17) is 14.6 Å². The van der Waals surface area contributed by atoms with Crippen LogP contribution in [0.25, 0.3) is 0 Å². The van der Waals surface area contributed by atoms with Crippen molar-refractivity contribution in [2.45, 2.75) is 45.9 Å². The minimum atomic E-state index is -1.33. The number of halogens is 1. The molecule has 0 radical (unpaired) electrons. The van der Waals surface area contributed by atoms with Crippen LogP contribution in [0.2, 0.25) is 0 Å². The number of nitrogens with one attached hydrogen (secondary N) is 2. The molecular weight excluding hydrogens is 457 g/mol. The van der Waals surface area contributed by atoms with Crippen LogP contribution in [0.3, 0.4) is 0 Å². The Bertz CT molecular complexity index is 1030. The van der Waals surface area contributed by atoms with Gasteiger partial charge in [0.1, 0.15) is 30.3 Å². The van der Waals surface area contributed by atoms with Crippen molar-refractivity contribution >= 4 is 23.5 Å². The van der Waals surface area contributed by atoms with Gasteiger partial charge in [0.2, 0.25) is 0 Å². The molecule has 1 saturated heterocycles. The summed E-state index contributed by atoms with van der Waals surface area (Å²) >= 11 is 0. The SMILES string of the molecule is CC.COC(C)C(C(=O)Nc1ccc(C)cc1F)N1C(=O)N[C@H](c2ccc(OCCO)cc2)C1=O. The van der Waals surface area contributed by atoms with Gasteiger partial charge in [0.15, 0.2) is 0 Å². The maximum absolute atomic E-state index is 14.3. The predicted molar refractivity (Wildman–Crippen MR) is 129 cm³/mol. The van der Waals surface area contributed by atoms with Crippen LogP contribution in [0.15, 0.2) is 42.5 Å². The monoisotopic (exact) mass is 489 g/mol. The minimum absolute atomic E-state index is 0.0685. The number of aryl methyl sites for hydroxylation is 1. The standard InChI is InChI=1S/C23H26FN3O6.C2H6/c1-13-4-9-18(17(24)12-13)25-21(29)20(14(2)32-3)27-22(30)19(26-23(27)31)15-5-7-16(8-6-15)33-11-10-28;1-2/h4-9,12,14,19-20,28H,10-11H2,1-3H3,(H,25,29)(H,26,31);1-2H3/t14?,19-,20?;/m1./s1. The topological polar surface area (TPSA) is 117 Å². The number of aliphatic hydroxyl groups excluding tert-OH is 1. The molecule has 3 N–H and O–H groups in total. The number of hydrogen-bond acceptors (Lipinski definition) is 6. The van der Waals surface area contributed by atoms with Crippen LogP contribution in [0.4, 0.5) is 14.9 Å². The molecule has 0 spiro atoms. The van der Waals surface area contributed by atoms with Crippen molar-refractivity contribution in [1.29, 1.82) is 0 Å². The van der Waals surface area contributed by atoms with Gasteiger partial charge in [-0.05, 0) is 49.2 Å². The maximum Gasteiger partial charge on any atom is 0.325 e. The first-order valence-electron chi connectivity index (χ1n) is 11.3. The molecule has 4 amide bonds. The minimum Gasteiger partial charge on any atom is -0.491 e. The highest BCUT2D eigenvalue weighted by Crippen LogP contribution is 2.27. The number of aliphatic hydroxyl groups is 1. The molecule has 0 saturated carbocycles. The van der Waals surface area contributed by atoms with Crippen molar-refractivity contribution in [3.63, 3.8) is 0 Å². The van der Waals surface area contributed by atoms with E-state index < -0.39 is 41.9 Å². The van der Waals surface area contributed by atoms with Gasteiger partial charge < -0.3 is 25.2 Å². The Morgan fingerprint density at radius 1 is 1.20 bits per heavy atom. The van der Waals surface area contributed by atoms with Crippen molar-refractivity contribution < 1.29 is 33.4 Å². The number of carbonyl (C=O) groups excluding carboxylic acids is 3. The number of urea groups is 1. The second-order valence-corrected chi connectivity index (χ2v) is 7.59. The Balaban J connectivity index is 0.00000210. The molecule has 35 heavy (non-hydrogen) atoms. The third kappa shape index (κ3) is 6.55. The van der Waals surface area contributed by atoms with Crippen LogP contribution >= 0.6 is 0 Å². The predicted octanol–water partition coefficient (Wildman–Crippen LogP) is 3.17. The largest absolute Gasteiger partial charge is 0.491 e. The van der Waals surface area contributed by atoms with Crippen LogP contribution in [-0.4, -0.2) is 60.3 Å². The average molecular weight is 490 g/mol. The Morgan fingerprint density at radius 2 is 1.86 bits per heavy atom. The molecule has 1 heterocycles. The molecule has 9 nitrogen and oxygen atoms in total. The Labute approximate surface area is 204 Å².